The highest BCUT2D eigenvalue weighted by Gasteiger charge is 2.45. The van der Waals surface area contributed by atoms with Gasteiger partial charge in [0.2, 0.25) is 5.91 Å². The number of rotatable bonds is 3. The second kappa shape index (κ2) is 4.86. The second-order valence-electron chi connectivity index (χ2n) is 4.82. The number of carbonyl (C=O) groups is 1. The zero-order valence-electron chi connectivity index (χ0n) is 10.8. The third-order valence-corrected chi connectivity index (χ3v) is 6.81. The molecule has 0 bridgehead atoms. The molecule has 0 atom stereocenters. The molecule has 0 unspecified atom stereocenters. The Morgan fingerprint density at radius 3 is 2.74 bits per heavy atom. The van der Waals surface area contributed by atoms with Gasteiger partial charge in [-0.05, 0) is 26.0 Å². The highest BCUT2D eigenvalue weighted by Crippen LogP contribution is 2.30. The van der Waals surface area contributed by atoms with Crippen molar-refractivity contribution in [3.8, 4) is 0 Å². The van der Waals surface area contributed by atoms with Crippen molar-refractivity contribution in [1.29, 1.82) is 0 Å². The van der Waals surface area contributed by atoms with E-state index >= 15 is 0 Å². The van der Waals surface area contributed by atoms with Crippen LogP contribution < -0.4 is 11.1 Å². The van der Waals surface area contributed by atoms with Crippen molar-refractivity contribution >= 4 is 27.3 Å². The molecular weight excluding hydrogens is 286 g/mol. The van der Waals surface area contributed by atoms with Crippen LogP contribution in [0.15, 0.2) is 16.3 Å². The van der Waals surface area contributed by atoms with Gasteiger partial charge in [-0.15, -0.1) is 11.3 Å². The predicted molar refractivity (Wildman–Crippen MR) is 73.2 cm³/mol. The molecule has 0 aromatic carbocycles. The quantitative estimate of drug-likeness (QED) is 0.828. The summed E-state index contributed by atoms with van der Waals surface area (Å²) in [5, 5.41) is 2.68. The predicted octanol–water partition coefficient (Wildman–Crippen LogP) is 0.106. The van der Waals surface area contributed by atoms with Gasteiger partial charge in [0.15, 0.2) is 0 Å². The molecule has 2 rings (SSSR count). The van der Waals surface area contributed by atoms with E-state index < -0.39 is 15.6 Å². The minimum absolute atomic E-state index is 0.232. The van der Waals surface area contributed by atoms with Crippen molar-refractivity contribution in [1.82, 2.24) is 9.62 Å². The summed E-state index contributed by atoms with van der Waals surface area (Å²) in [4.78, 5) is 12.6. The lowest BCUT2D eigenvalue weighted by atomic mass is 10.0. The second-order valence-corrected chi connectivity index (χ2v) is 8.07. The smallest absolute Gasteiger partial charge is 0.253 e. The number of nitrogens with one attached hydrogen (secondary N) is 1. The maximum atomic E-state index is 12.6. The van der Waals surface area contributed by atoms with E-state index in [4.69, 9.17) is 5.73 Å². The average molecular weight is 303 g/mol. The van der Waals surface area contributed by atoms with Gasteiger partial charge in [0.25, 0.3) is 10.0 Å². The zero-order chi connectivity index (χ0) is 14.3. The van der Waals surface area contributed by atoms with Crippen LogP contribution in [0.25, 0.3) is 0 Å². The Labute approximate surface area is 116 Å². The van der Waals surface area contributed by atoms with Crippen molar-refractivity contribution < 1.29 is 13.2 Å². The normalized spacial score (nSPS) is 20.3. The molecule has 6 nitrogen and oxygen atoms in total. The minimum atomic E-state index is -3.66. The number of amides is 1. The van der Waals surface area contributed by atoms with Crippen LogP contribution in [0.2, 0.25) is 0 Å². The summed E-state index contributed by atoms with van der Waals surface area (Å²) >= 11 is 1.15. The Hall–Kier alpha value is -0.960. The monoisotopic (exact) mass is 303 g/mol. The average Bonchev–Trinajstić information content (AvgIpc) is 2.81. The van der Waals surface area contributed by atoms with Crippen molar-refractivity contribution in [2.24, 2.45) is 5.73 Å². The lowest BCUT2D eigenvalue weighted by Crippen LogP contribution is -2.63. The molecule has 1 aromatic heterocycles. The first kappa shape index (κ1) is 14.4. The van der Waals surface area contributed by atoms with E-state index in [-0.39, 0.29) is 16.7 Å². The molecule has 1 aromatic rings. The molecule has 2 heterocycles. The Bertz CT molecular complexity index is 592. The fourth-order valence-electron chi connectivity index (χ4n) is 2.02. The molecule has 1 aliphatic heterocycles. The van der Waals surface area contributed by atoms with Crippen molar-refractivity contribution in [3.05, 3.63) is 17.0 Å². The molecular formula is C11H17N3O3S2. The van der Waals surface area contributed by atoms with Crippen LogP contribution in [0, 0.1) is 0 Å². The summed E-state index contributed by atoms with van der Waals surface area (Å²) in [5.41, 5.74) is 4.42. The van der Waals surface area contributed by atoms with Crippen molar-refractivity contribution in [2.45, 2.75) is 30.1 Å². The number of carbonyl (C=O) groups excluding carboxylic acids is 1. The number of hydrogen-bond donors (Lipinski definition) is 2. The van der Waals surface area contributed by atoms with Crippen LogP contribution in [-0.4, -0.2) is 37.3 Å². The number of piperazine rings is 1. The van der Waals surface area contributed by atoms with E-state index in [0.717, 1.165) is 16.2 Å². The van der Waals surface area contributed by atoms with Gasteiger partial charge in [0.1, 0.15) is 9.75 Å². The number of nitrogens with zero attached hydrogens (tertiary/aromatic N) is 1. The van der Waals surface area contributed by atoms with Gasteiger partial charge in [0, 0.05) is 24.5 Å². The third kappa shape index (κ3) is 2.40. The van der Waals surface area contributed by atoms with Gasteiger partial charge < -0.3 is 11.1 Å². The maximum Gasteiger partial charge on any atom is 0.253 e. The van der Waals surface area contributed by atoms with Crippen LogP contribution in [0.3, 0.4) is 0 Å². The minimum Gasteiger partial charge on any atom is -0.353 e. The molecule has 1 aliphatic rings. The van der Waals surface area contributed by atoms with Gasteiger partial charge in [-0.3, -0.25) is 4.79 Å². The van der Waals surface area contributed by atoms with E-state index in [0.29, 0.717) is 13.1 Å². The Morgan fingerprint density at radius 2 is 2.16 bits per heavy atom. The van der Waals surface area contributed by atoms with E-state index in [1.54, 1.807) is 26.0 Å². The highest BCUT2D eigenvalue weighted by molar-refractivity contribution is 7.91. The van der Waals surface area contributed by atoms with Crippen LogP contribution >= 0.6 is 11.3 Å². The highest BCUT2D eigenvalue weighted by atomic mass is 32.2. The summed E-state index contributed by atoms with van der Waals surface area (Å²) in [7, 11) is -3.66. The van der Waals surface area contributed by atoms with Crippen molar-refractivity contribution in [3.63, 3.8) is 0 Å². The van der Waals surface area contributed by atoms with Crippen LogP contribution in [-0.2, 0) is 21.4 Å². The molecule has 0 radical (unpaired) electrons. The Kier molecular flexibility index (Phi) is 3.69. The lowest BCUT2D eigenvalue weighted by Gasteiger charge is -2.39. The first-order chi connectivity index (χ1) is 8.80. The summed E-state index contributed by atoms with van der Waals surface area (Å²) in [5.74, 6) is -0.280. The first-order valence-corrected chi connectivity index (χ1v) is 8.15. The fraction of sp³-hybridized carbons (Fsp3) is 0.545. The fourth-order valence-corrected chi connectivity index (χ4v) is 5.11. The van der Waals surface area contributed by atoms with Crippen LogP contribution in [0.1, 0.15) is 18.7 Å². The van der Waals surface area contributed by atoms with Gasteiger partial charge in [-0.1, -0.05) is 0 Å². The molecule has 1 fully saturated rings. The van der Waals surface area contributed by atoms with Crippen LogP contribution in [0.4, 0.5) is 0 Å². The number of sulfonamides is 1. The molecule has 106 valence electrons. The summed E-state index contributed by atoms with van der Waals surface area (Å²) < 4.78 is 26.7. The summed E-state index contributed by atoms with van der Waals surface area (Å²) in [6.07, 6.45) is 0. The maximum absolute atomic E-state index is 12.6. The Balaban J connectivity index is 2.41. The zero-order valence-corrected chi connectivity index (χ0v) is 12.5. The molecule has 3 N–H and O–H groups in total. The SMILES string of the molecule is CC1(C)C(=O)NCCN1S(=O)(=O)c1ccc(CN)s1. The topological polar surface area (TPSA) is 92.5 Å². The molecule has 0 saturated carbocycles. The lowest BCUT2D eigenvalue weighted by molar-refractivity contribution is -0.131. The molecule has 8 heteroatoms. The van der Waals surface area contributed by atoms with Gasteiger partial charge >= 0.3 is 0 Å². The standard InChI is InChI=1S/C11H17N3O3S2/c1-11(2)10(15)13-5-6-14(11)19(16,17)9-4-3-8(7-12)18-9/h3-4H,5-7,12H2,1-2H3,(H,13,15). The number of nitrogens with two attached hydrogens (primary N) is 1. The Morgan fingerprint density at radius 1 is 1.47 bits per heavy atom. The summed E-state index contributed by atoms with van der Waals surface area (Å²) in [6.45, 7) is 4.13. The third-order valence-electron chi connectivity index (χ3n) is 3.16. The molecule has 1 saturated heterocycles. The molecule has 0 spiro atoms. The van der Waals surface area contributed by atoms with Gasteiger partial charge in [0.05, 0.1) is 0 Å². The number of thiophene rings is 1. The molecule has 0 aliphatic carbocycles. The van der Waals surface area contributed by atoms with E-state index in [9.17, 15) is 13.2 Å². The molecule has 19 heavy (non-hydrogen) atoms. The van der Waals surface area contributed by atoms with E-state index in [1.165, 1.54) is 4.31 Å². The number of hydrogen-bond acceptors (Lipinski definition) is 5. The van der Waals surface area contributed by atoms with Gasteiger partial charge in [-0.25, -0.2) is 8.42 Å². The van der Waals surface area contributed by atoms with E-state index in [2.05, 4.69) is 5.32 Å². The first-order valence-electron chi connectivity index (χ1n) is 5.90. The summed E-state index contributed by atoms with van der Waals surface area (Å²) in [6, 6.07) is 3.25. The largest absolute Gasteiger partial charge is 0.353 e. The van der Waals surface area contributed by atoms with Gasteiger partial charge in [-0.2, -0.15) is 4.31 Å². The van der Waals surface area contributed by atoms with Crippen LogP contribution in [0.5, 0.6) is 0 Å². The van der Waals surface area contributed by atoms with Crippen molar-refractivity contribution in [2.75, 3.05) is 13.1 Å². The van der Waals surface area contributed by atoms with E-state index in [1.807, 2.05) is 0 Å². The molecule has 1 amide bonds.